The third kappa shape index (κ3) is 3.44. The summed E-state index contributed by atoms with van der Waals surface area (Å²) in [6.07, 6.45) is -3.98. The van der Waals surface area contributed by atoms with Crippen molar-refractivity contribution in [3.8, 4) is 11.1 Å². The highest BCUT2D eigenvalue weighted by atomic mass is 19.4. The number of carbonyl (C=O) groups excluding carboxylic acids is 1. The number of halogens is 3. The molecule has 0 spiro atoms. The summed E-state index contributed by atoms with van der Waals surface area (Å²) in [5.74, 6) is -0.896. The van der Waals surface area contributed by atoms with Crippen LogP contribution in [0, 0.1) is 10.1 Å². The number of carbonyl (C=O) groups is 1. The van der Waals surface area contributed by atoms with E-state index < -0.39 is 22.8 Å². The molecule has 0 fully saturated rings. The molecule has 120 valence electrons. The number of esters is 1. The predicted octanol–water partition coefficient (Wildman–Crippen LogP) is 3.46. The first kappa shape index (κ1) is 16.4. The standard InChI is InChI=1S/C14H9F3N2O4/c1-23-13(20)11-7-18-12(14(15,16)17)6-10(11)8-3-2-4-9(5-8)19(21)22/h2-7H,1H3. The number of hydrogen-bond acceptors (Lipinski definition) is 5. The number of nitro groups is 1. The fraction of sp³-hybridized carbons (Fsp3) is 0.143. The third-order valence-electron chi connectivity index (χ3n) is 2.97. The number of methoxy groups -OCH3 is 1. The van der Waals surface area contributed by atoms with Gasteiger partial charge in [-0.1, -0.05) is 12.1 Å². The van der Waals surface area contributed by atoms with Crippen LogP contribution < -0.4 is 0 Å². The maximum Gasteiger partial charge on any atom is 0.433 e. The summed E-state index contributed by atoms with van der Waals surface area (Å²) in [6.45, 7) is 0. The molecule has 6 nitrogen and oxygen atoms in total. The van der Waals surface area contributed by atoms with Crippen LogP contribution in [0.2, 0.25) is 0 Å². The molecule has 0 aliphatic carbocycles. The molecule has 1 aromatic carbocycles. The average molecular weight is 326 g/mol. The van der Waals surface area contributed by atoms with Crippen LogP contribution in [0.15, 0.2) is 36.5 Å². The Balaban J connectivity index is 2.68. The van der Waals surface area contributed by atoms with E-state index in [0.29, 0.717) is 6.07 Å². The number of non-ortho nitro benzene ring substituents is 1. The smallest absolute Gasteiger partial charge is 0.433 e. The molecule has 0 unspecified atom stereocenters. The van der Waals surface area contributed by atoms with Crippen LogP contribution in [-0.2, 0) is 10.9 Å². The highest BCUT2D eigenvalue weighted by Gasteiger charge is 2.34. The number of benzene rings is 1. The number of ether oxygens (including phenoxy) is 1. The van der Waals surface area contributed by atoms with Crippen LogP contribution >= 0.6 is 0 Å². The van der Waals surface area contributed by atoms with Crippen molar-refractivity contribution in [1.82, 2.24) is 4.98 Å². The number of hydrogen-bond donors (Lipinski definition) is 0. The van der Waals surface area contributed by atoms with Crippen molar-refractivity contribution in [3.05, 3.63) is 57.9 Å². The molecule has 0 saturated carbocycles. The molecule has 0 bridgehead atoms. The summed E-state index contributed by atoms with van der Waals surface area (Å²) in [4.78, 5) is 25.0. The molecule has 1 aromatic heterocycles. The first-order valence-electron chi connectivity index (χ1n) is 6.14. The maximum atomic E-state index is 12.8. The van der Waals surface area contributed by atoms with Crippen molar-refractivity contribution >= 4 is 11.7 Å². The fourth-order valence-electron chi connectivity index (χ4n) is 1.91. The molecule has 0 radical (unpaired) electrons. The number of rotatable bonds is 3. The maximum absolute atomic E-state index is 12.8. The van der Waals surface area contributed by atoms with Gasteiger partial charge >= 0.3 is 12.1 Å². The summed E-state index contributed by atoms with van der Waals surface area (Å²) < 4.78 is 43.0. The largest absolute Gasteiger partial charge is 0.465 e. The zero-order valence-electron chi connectivity index (χ0n) is 11.6. The Morgan fingerprint density at radius 2 is 2.00 bits per heavy atom. The van der Waals surface area contributed by atoms with Crippen LogP contribution in [-0.4, -0.2) is 23.0 Å². The monoisotopic (exact) mass is 326 g/mol. The second kappa shape index (κ2) is 6.03. The SMILES string of the molecule is COC(=O)c1cnc(C(F)(F)F)cc1-c1cccc([N+](=O)[O-])c1. The molecule has 2 aromatic rings. The summed E-state index contributed by atoms with van der Waals surface area (Å²) in [5, 5.41) is 10.8. The van der Waals surface area contributed by atoms with E-state index in [9.17, 15) is 28.1 Å². The van der Waals surface area contributed by atoms with Crippen molar-refractivity contribution in [2.75, 3.05) is 7.11 Å². The molecule has 23 heavy (non-hydrogen) atoms. The van der Waals surface area contributed by atoms with Gasteiger partial charge in [0.25, 0.3) is 5.69 Å². The Kier molecular flexibility index (Phi) is 4.30. The molecule has 0 atom stereocenters. The van der Waals surface area contributed by atoms with E-state index in [2.05, 4.69) is 9.72 Å². The molecule has 2 rings (SSSR count). The Hall–Kier alpha value is -2.97. The van der Waals surface area contributed by atoms with Crippen molar-refractivity contribution in [1.29, 1.82) is 0 Å². The fourth-order valence-corrected chi connectivity index (χ4v) is 1.91. The molecule has 0 N–H and O–H groups in total. The van der Waals surface area contributed by atoms with Crippen molar-refractivity contribution in [3.63, 3.8) is 0 Å². The molecule has 1 heterocycles. The lowest BCUT2D eigenvalue weighted by atomic mass is 10.00. The summed E-state index contributed by atoms with van der Waals surface area (Å²) in [5.41, 5.74) is -1.83. The van der Waals surface area contributed by atoms with Crippen LogP contribution in [0.4, 0.5) is 18.9 Å². The number of nitro benzene ring substituents is 1. The molecular formula is C14H9F3N2O4. The molecule has 0 aliphatic rings. The van der Waals surface area contributed by atoms with Gasteiger partial charge in [0.1, 0.15) is 5.69 Å². The normalized spacial score (nSPS) is 11.1. The van der Waals surface area contributed by atoms with Gasteiger partial charge < -0.3 is 4.74 Å². The lowest BCUT2D eigenvalue weighted by Gasteiger charge is -2.11. The van der Waals surface area contributed by atoms with Gasteiger partial charge in [-0.25, -0.2) is 4.79 Å². The topological polar surface area (TPSA) is 82.3 Å². The molecular weight excluding hydrogens is 317 g/mol. The summed E-state index contributed by atoms with van der Waals surface area (Å²) >= 11 is 0. The van der Waals surface area contributed by atoms with Gasteiger partial charge in [0.05, 0.1) is 17.6 Å². The van der Waals surface area contributed by atoms with Crippen molar-refractivity contribution < 1.29 is 27.6 Å². The summed E-state index contributed by atoms with van der Waals surface area (Å²) in [7, 11) is 1.07. The minimum atomic E-state index is -4.72. The van der Waals surface area contributed by atoms with Crippen LogP contribution in [0.3, 0.4) is 0 Å². The quantitative estimate of drug-likeness (QED) is 0.490. The minimum absolute atomic E-state index is 0.0764. The molecule has 0 amide bonds. The van der Waals surface area contributed by atoms with Gasteiger partial charge in [-0.3, -0.25) is 15.1 Å². The van der Waals surface area contributed by atoms with Gasteiger partial charge in [0.15, 0.2) is 0 Å². The van der Waals surface area contributed by atoms with E-state index in [4.69, 9.17) is 0 Å². The van der Waals surface area contributed by atoms with E-state index in [0.717, 1.165) is 19.4 Å². The Labute approximate surface area is 127 Å². The lowest BCUT2D eigenvalue weighted by Crippen LogP contribution is -2.11. The van der Waals surface area contributed by atoms with E-state index in [1.54, 1.807) is 0 Å². The van der Waals surface area contributed by atoms with Crippen LogP contribution in [0.1, 0.15) is 16.1 Å². The van der Waals surface area contributed by atoms with Crippen molar-refractivity contribution in [2.45, 2.75) is 6.18 Å². The van der Waals surface area contributed by atoms with Crippen LogP contribution in [0.25, 0.3) is 11.1 Å². The molecule has 0 saturated heterocycles. The highest BCUT2D eigenvalue weighted by Crippen LogP contribution is 2.33. The minimum Gasteiger partial charge on any atom is -0.465 e. The van der Waals surface area contributed by atoms with Crippen molar-refractivity contribution in [2.24, 2.45) is 0 Å². The molecule has 0 aliphatic heterocycles. The van der Waals surface area contributed by atoms with E-state index in [1.807, 2.05) is 0 Å². The number of nitrogens with zero attached hydrogens (tertiary/aromatic N) is 2. The Bertz CT molecular complexity index is 775. The Morgan fingerprint density at radius 3 is 2.57 bits per heavy atom. The first-order chi connectivity index (χ1) is 10.7. The zero-order valence-corrected chi connectivity index (χ0v) is 11.6. The number of aromatic nitrogens is 1. The highest BCUT2D eigenvalue weighted by molar-refractivity contribution is 5.97. The first-order valence-corrected chi connectivity index (χ1v) is 6.14. The van der Waals surface area contributed by atoms with Gasteiger partial charge in [0.2, 0.25) is 0 Å². The second-order valence-corrected chi connectivity index (χ2v) is 4.41. The van der Waals surface area contributed by atoms with Gasteiger partial charge in [-0.2, -0.15) is 13.2 Å². The van der Waals surface area contributed by atoms with Crippen LogP contribution in [0.5, 0.6) is 0 Å². The second-order valence-electron chi connectivity index (χ2n) is 4.41. The average Bonchev–Trinajstić information content (AvgIpc) is 2.52. The number of pyridine rings is 1. The predicted molar refractivity (Wildman–Crippen MR) is 72.7 cm³/mol. The van der Waals surface area contributed by atoms with E-state index in [1.165, 1.54) is 18.2 Å². The van der Waals surface area contributed by atoms with E-state index in [-0.39, 0.29) is 22.4 Å². The van der Waals surface area contributed by atoms with E-state index >= 15 is 0 Å². The number of alkyl halides is 3. The third-order valence-corrected chi connectivity index (χ3v) is 2.97. The summed E-state index contributed by atoms with van der Waals surface area (Å²) in [6, 6.07) is 5.58. The zero-order chi connectivity index (χ0) is 17.2. The van der Waals surface area contributed by atoms with Gasteiger partial charge in [-0.15, -0.1) is 0 Å². The van der Waals surface area contributed by atoms with Gasteiger partial charge in [-0.05, 0) is 11.6 Å². The Morgan fingerprint density at radius 1 is 1.30 bits per heavy atom. The molecule has 9 heteroatoms. The lowest BCUT2D eigenvalue weighted by molar-refractivity contribution is -0.384. The van der Waals surface area contributed by atoms with Gasteiger partial charge in [0, 0.05) is 23.9 Å².